The summed E-state index contributed by atoms with van der Waals surface area (Å²) in [5.74, 6) is 0.673. The Morgan fingerprint density at radius 1 is 1.05 bits per heavy atom. The normalized spacial score (nSPS) is 15.2. The molecule has 0 aromatic heterocycles. The highest BCUT2D eigenvalue weighted by Crippen LogP contribution is 2.35. The van der Waals surface area contributed by atoms with E-state index in [9.17, 15) is 4.79 Å². The predicted octanol–water partition coefficient (Wildman–Crippen LogP) is 5.23. The molecular formula is C17H12Cl2O2. The molecule has 4 heteroatoms. The van der Waals surface area contributed by atoms with Gasteiger partial charge in [0.25, 0.3) is 0 Å². The maximum atomic E-state index is 12.4. The molecule has 1 heterocycles. The van der Waals surface area contributed by atoms with Crippen molar-refractivity contribution in [3.05, 3.63) is 68.4 Å². The summed E-state index contributed by atoms with van der Waals surface area (Å²) in [4.78, 5) is 12.4. The number of hydrogen-bond acceptors (Lipinski definition) is 2. The van der Waals surface area contributed by atoms with E-state index in [1.807, 2.05) is 26.0 Å². The number of carbonyl (C=O) groups excluding carboxylic acids is 1. The molecule has 106 valence electrons. The van der Waals surface area contributed by atoms with Gasteiger partial charge in [0.2, 0.25) is 5.78 Å². The van der Waals surface area contributed by atoms with Gasteiger partial charge in [0, 0.05) is 15.6 Å². The lowest BCUT2D eigenvalue weighted by molar-refractivity contribution is 0.101. The third kappa shape index (κ3) is 2.45. The number of benzene rings is 2. The van der Waals surface area contributed by atoms with E-state index in [1.54, 1.807) is 24.3 Å². The Balaban J connectivity index is 2.07. The van der Waals surface area contributed by atoms with Crippen LogP contribution in [0.15, 0.2) is 36.1 Å². The van der Waals surface area contributed by atoms with Crippen molar-refractivity contribution >= 4 is 35.1 Å². The standard InChI is InChI=1S/C17H12Cl2O2/c1-9-6-12-15(7-10(9)2)21-16(17(12)20)8-11-13(18)4-3-5-14(11)19/h3-8H,1-2H3/b16-8-. The number of aryl methyl sites for hydroxylation is 2. The van der Waals surface area contributed by atoms with E-state index in [0.29, 0.717) is 26.9 Å². The van der Waals surface area contributed by atoms with Gasteiger partial charge >= 0.3 is 0 Å². The molecule has 0 atom stereocenters. The van der Waals surface area contributed by atoms with Crippen LogP contribution < -0.4 is 4.74 Å². The fraction of sp³-hybridized carbons (Fsp3) is 0.118. The Morgan fingerprint density at radius 3 is 2.33 bits per heavy atom. The van der Waals surface area contributed by atoms with E-state index >= 15 is 0 Å². The maximum Gasteiger partial charge on any atom is 0.231 e. The van der Waals surface area contributed by atoms with Gasteiger partial charge in [-0.05, 0) is 55.3 Å². The molecule has 0 amide bonds. The lowest BCUT2D eigenvalue weighted by Crippen LogP contribution is -1.98. The zero-order valence-corrected chi connectivity index (χ0v) is 13.0. The monoisotopic (exact) mass is 318 g/mol. The van der Waals surface area contributed by atoms with Gasteiger partial charge in [-0.25, -0.2) is 0 Å². The van der Waals surface area contributed by atoms with Crippen LogP contribution in [0.25, 0.3) is 6.08 Å². The molecule has 1 aliphatic rings. The Hall–Kier alpha value is -1.77. The fourth-order valence-electron chi connectivity index (χ4n) is 2.22. The van der Waals surface area contributed by atoms with E-state index < -0.39 is 0 Å². The average Bonchev–Trinajstić information content (AvgIpc) is 2.72. The van der Waals surface area contributed by atoms with Gasteiger partial charge in [-0.2, -0.15) is 0 Å². The van der Waals surface area contributed by atoms with Crippen molar-refractivity contribution in [1.29, 1.82) is 0 Å². The summed E-state index contributed by atoms with van der Waals surface area (Å²) < 4.78 is 5.66. The van der Waals surface area contributed by atoms with Gasteiger partial charge in [-0.15, -0.1) is 0 Å². The van der Waals surface area contributed by atoms with Gasteiger partial charge in [-0.1, -0.05) is 29.3 Å². The number of fused-ring (bicyclic) bond motifs is 1. The van der Waals surface area contributed by atoms with Crippen LogP contribution in [0.3, 0.4) is 0 Å². The minimum absolute atomic E-state index is 0.149. The van der Waals surface area contributed by atoms with E-state index in [2.05, 4.69) is 0 Å². The first-order valence-electron chi connectivity index (χ1n) is 6.47. The highest BCUT2D eigenvalue weighted by molar-refractivity contribution is 6.37. The van der Waals surface area contributed by atoms with Crippen molar-refractivity contribution in [1.82, 2.24) is 0 Å². The third-order valence-electron chi connectivity index (χ3n) is 3.56. The molecule has 0 fully saturated rings. The minimum atomic E-state index is -0.149. The molecule has 2 aromatic rings. The second-order valence-electron chi connectivity index (χ2n) is 5.01. The van der Waals surface area contributed by atoms with Crippen LogP contribution in [-0.4, -0.2) is 5.78 Å². The molecule has 2 aromatic carbocycles. The Kier molecular flexibility index (Phi) is 3.52. The zero-order chi connectivity index (χ0) is 15.1. The fourth-order valence-corrected chi connectivity index (χ4v) is 2.73. The van der Waals surface area contributed by atoms with E-state index in [1.165, 1.54) is 0 Å². The molecule has 2 nitrogen and oxygen atoms in total. The molecule has 0 unspecified atom stereocenters. The summed E-state index contributed by atoms with van der Waals surface area (Å²) in [6.45, 7) is 3.95. The highest BCUT2D eigenvalue weighted by atomic mass is 35.5. The number of ketones is 1. The second-order valence-corrected chi connectivity index (χ2v) is 5.82. The molecule has 3 rings (SSSR count). The maximum absolute atomic E-state index is 12.4. The van der Waals surface area contributed by atoms with Crippen LogP contribution in [0, 0.1) is 13.8 Å². The van der Waals surface area contributed by atoms with Crippen LogP contribution >= 0.6 is 23.2 Å². The Morgan fingerprint density at radius 2 is 1.67 bits per heavy atom. The van der Waals surface area contributed by atoms with E-state index in [0.717, 1.165) is 11.1 Å². The Bertz CT molecular complexity index is 771. The van der Waals surface area contributed by atoms with Crippen molar-refractivity contribution in [2.45, 2.75) is 13.8 Å². The van der Waals surface area contributed by atoms with Gasteiger partial charge in [0.15, 0.2) is 5.76 Å². The van der Waals surface area contributed by atoms with Gasteiger partial charge in [-0.3, -0.25) is 4.79 Å². The number of halogens is 2. The summed E-state index contributed by atoms with van der Waals surface area (Å²) >= 11 is 12.2. The van der Waals surface area contributed by atoms with Gasteiger partial charge < -0.3 is 4.74 Å². The number of ether oxygens (including phenoxy) is 1. The molecule has 1 aliphatic heterocycles. The first-order valence-corrected chi connectivity index (χ1v) is 7.22. The van der Waals surface area contributed by atoms with E-state index in [-0.39, 0.29) is 11.5 Å². The van der Waals surface area contributed by atoms with Crippen molar-refractivity contribution < 1.29 is 9.53 Å². The van der Waals surface area contributed by atoms with Crippen LogP contribution in [0.2, 0.25) is 10.0 Å². The first-order chi connectivity index (χ1) is 9.97. The van der Waals surface area contributed by atoms with Crippen molar-refractivity contribution in [3.63, 3.8) is 0 Å². The van der Waals surface area contributed by atoms with E-state index in [4.69, 9.17) is 27.9 Å². The number of carbonyl (C=O) groups is 1. The smallest absolute Gasteiger partial charge is 0.231 e. The summed E-state index contributed by atoms with van der Waals surface area (Å²) in [5, 5.41) is 0.962. The zero-order valence-electron chi connectivity index (χ0n) is 11.5. The van der Waals surface area contributed by atoms with Gasteiger partial charge in [0.05, 0.1) is 5.56 Å². The van der Waals surface area contributed by atoms with Crippen LogP contribution in [0.1, 0.15) is 27.0 Å². The summed E-state index contributed by atoms with van der Waals surface area (Å²) in [5.41, 5.74) is 3.30. The first kappa shape index (κ1) is 14.2. The van der Waals surface area contributed by atoms with Crippen molar-refractivity contribution in [3.8, 4) is 5.75 Å². The summed E-state index contributed by atoms with van der Waals surface area (Å²) in [6, 6.07) is 8.92. The highest BCUT2D eigenvalue weighted by Gasteiger charge is 2.28. The van der Waals surface area contributed by atoms with Gasteiger partial charge in [0.1, 0.15) is 5.75 Å². The third-order valence-corrected chi connectivity index (χ3v) is 4.22. The Labute approximate surface area is 132 Å². The molecule has 0 N–H and O–H groups in total. The molecule has 0 saturated carbocycles. The lowest BCUT2D eigenvalue weighted by atomic mass is 10.0. The largest absolute Gasteiger partial charge is 0.452 e. The van der Waals surface area contributed by atoms with Crippen LogP contribution in [0.5, 0.6) is 5.75 Å². The number of Topliss-reactive ketones (excluding diaryl/α,β-unsaturated/α-hetero) is 1. The minimum Gasteiger partial charge on any atom is -0.452 e. The predicted molar refractivity (Wildman–Crippen MR) is 85.3 cm³/mol. The SMILES string of the molecule is Cc1cc2c(cc1C)C(=O)/C(=C/c1c(Cl)cccc1Cl)O2. The van der Waals surface area contributed by atoms with Crippen LogP contribution in [0.4, 0.5) is 0 Å². The molecule has 0 spiro atoms. The number of allylic oxidation sites excluding steroid dienone is 1. The number of rotatable bonds is 1. The summed E-state index contributed by atoms with van der Waals surface area (Å²) in [7, 11) is 0. The molecule has 0 saturated heterocycles. The quantitative estimate of drug-likeness (QED) is 0.673. The second kappa shape index (κ2) is 5.21. The molecular weight excluding hydrogens is 307 g/mol. The summed E-state index contributed by atoms with van der Waals surface area (Å²) in [6.07, 6.45) is 1.59. The molecule has 21 heavy (non-hydrogen) atoms. The lowest BCUT2D eigenvalue weighted by Gasteiger charge is -2.03. The number of hydrogen-bond donors (Lipinski definition) is 0. The topological polar surface area (TPSA) is 26.3 Å². The van der Waals surface area contributed by atoms with Crippen LogP contribution in [-0.2, 0) is 0 Å². The molecule has 0 aliphatic carbocycles. The van der Waals surface area contributed by atoms with Crippen molar-refractivity contribution in [2.75, 3.05) is 0 Å². The average molecular weight is 319 g/mol. The molecule has 0 radical (unpaired) electrons. The van der Waals surface area contributed by atoms with Crippen molar-refractivity contribution in [2.24, 2.45) is 0 Å². The molecule has 0 bridgehead atoms.